The quantitative estimate of drug-likeness (QED) is 0.888. The number of carbonyl (C=O) groups is 1. The van der Waals surface area contributed by atoms with Crippen LogP contribution in [0, 0.1) is 0 Å². The molecule has 1 aromatic heterocycles. The number of anilines is 1. The molecule has 1 aromatic rings. The fourth-order valence-corrected chi connectivity index (χ4v) is 3.48. The molecular formula is C16H24N4O. The average molecular weight is 288 g/mol. The highest BCUT2D eigenvalue weighted by atomic mass is 16.1. The number of carbonyl (C=O) groups excluding carboxylic acids is 1. The third kappa shape index (κ3) is 3.35. The number of hydrogen-bond donors (Lipinski definition) is 2. The predicted octanol–water partition coefficient (Wildman–Crippen LogP) is 1.87. The Morgan fingerprint density at radius 2 is 2.33 bits per heavy atom. The first-order valence-electron chi connectivity index (χ1n) is 8.01. The van der Waals surface area contributed by atoms with Crippen molar-refractivity contribution in [3.8, 4) is 0 Å². The number of pyridine rings is 1. The van der Waals surface area contributed by atoms with Gasteiger partial charge >= 0.3 is 0 Å². The van der Waals surface area contributed by atoms with Gasteiger partial charge in [0.1, 0.15) is 5.69 Å². The maximum absolute atomic E-state index is 12.3. The van der Waals surface area contributed by atoms with Crippen molar-refractivity contribution in [1.82, 2.24) is 15.2 Å². The fraction of sp³-hybridized carbons (Fsp3) is 0.625. The molecule has 2 aliphatic rings. The minimum Gasteiger partial charge on any atom is -0.385 e. The molecule has 0 spiro atoms. The topological polar surface area (TPSA) is 57.3 Å². The maximum Gasteiger partial charge on any atom is 0.270 e. The summed E-state index contributed by atoms with van der Waals surface area (Å²) in [7, 11) is 0. The zero-order chi connectivity index (χ0) is 14.7. The monoisotopic (exact) mass is 288 g/mol. The number of nitrogens with one attached hydrogen (secondary N) is 2. The van der Waals surface area contributed by atoms with Crippen LogP contribution < -0.4 is 10.6 Å². The molecule has 2 atom stereocenters. The van der Waals surface area contributed by atoms with Gasteiger partial charge in [-0.2, -0.15) is 0 Å². The fourth-order valence-electron chi connectivity index (χ4n) is 3.48. The summed E-state index contributed by atoms with van der Waals surface area (Å²) in [6, 6.07) is 4.67. The average Bonchev–Trinajstić information content (AvgIpc) is 2.95. The Bertz CT molecular complexity index is 505. The summed E-state index contributed by atoms with van der Waals surface area (Å²) in [5, 5.41) is 6.37. The van der Waals surface area contributed by atoms with Gasteiger partial charge in [-0.25, -0.2) is 0 Å². The molecule has 3 rings (SSSR count). The lowest BCUT2D eigenvalue weighted by molar-refractivity contribution is 0.0891. The predicted molar refractivity (Wildman–Crippen MR) is 83.5 cm³/mol. The van der Waals surface area contributed by atoms with E-state index < -0.39 is 0 Å². The van der Waals surface area contributed by atoms with Gasteiger partial charge in [-0.05, 0) is 51.3 Å². The van der Waals surface area contributed by atoms with Gasteiger partial charge in [0, 0.05) is 37.1 Å². The van der Waals surface area contributed by atoms with Crippen molar-refractivity contribution < 1.29 is 4.79 Å². The summed E-state index contributed by atoms with van der Waals surface area (Å²) in [6.45, 7) is 5.22. The molecule has 2 saturated heterocycles. The SMILES string of the molecule is CCNc1ccnc(C(=O)NC2CCN3CCCC3C2)c1. The molecule has 0 radical (unpaired) electrons. The number of nitrogens with zero attached hydrogens (tertiary/aromatic N) is 2. The minimum atomic E-state index is -0.0498. The molecule has 1 amide bonds. The Hall–Kier alpha value is -1.62. The van der Waals surface area contributed by atoms with Gasteiger partial charge in [-0.3, -0.25) is 9.78 Å². The number of piperidine rings is 1. The third-order valence-corrected chi connectivity index (χ3v) is 4.53. The standard InChI is InChI=1S/C16H24N4O/c1-2-17-12-5-7-18-15(11-12)16(21)19-13-6-9-20-8-3-4-14(20)10-13/h5,7,11,13-14H,2-4,6,8-10H2,1H3,(H,17,18)(H,19,21). The molecule has 2 N–H and O–H groups in total. The van der Waals surface area contributed by atoms with Crippen LogP contribution in [-0.4, -0.2) is 47.5 Å². The van der Waals surface area contributed by atoms with E-state index in [-0.39, 0.29) is 5.91 Å². The van der Waals surface area contributed by atoms with Crippen LogP contribution in [0.25, 0.3) is 0 Å². The van der Waals surface area contributed by atoms with Crippen molar-refractivity contribution in [1.29, 1.82) is 0 Å². The molecule has 21 heavy (non-hydrogen) atoms. The van der Waals surface area contributed by atoms with Crippen LogP contribution in [0.3, 0.4) is 0 Å². The summed E-state index contributed by atoms with van der Waals surface area (Å²) in [4.78, 5) is 19.1. The van der Waals surface area contributed by atoms with E-state index in [4.69, 9.17) is 0 Å². The van der Waals surface area contributed by atoms with Crippen molar-refractivity contribution in [2.75, 3.05) is 25.0 Å². The normalized spacial score (nSPS) is 25.4. The van der Waals surface area contributed by atoms with Gasteiger partial charge < -0.3 is 15.5 Å². The molecule has 5 heteroatoms. The minimum absolute atomic E-state index is 0.0498. The van der Waals surface area contributed by atoms with Crippen molar-refractivity contribution in [3.63, 3.8) is 0 Å². The van der Waals surface area contributed by atoms with Gasteiger partial charge in [-0.15, -0.1) is 0 Å². The Balaban J connectivity index is 1.59. The van der Waals surface area contributed by atoms with E-state index in [0.29, 0.717) is 17.8 Å². The molecule has 2 fully saturated rings. The van der Waals surface area contributed by atoms with E-state index in [9.17, 15) is 4.79 Å². The molecule has 0 bridgehead atoms. The van der Waals surface area contributed by atoms with Crippen LogP contribution >= 0.6 is 0 Å². The van der Waals surface area contributed by atoms with Crippen LogP contribution in [0.5, 0.6) is 0 Å². The summed E-state index contributed by atoms with van der Waals surface area (Å²) < 4.78 is 0. The van der Waals surface area contributed by atoms with Crippen LogP contribution in [0.1, 0.15) is 43.1 Å². The van der Waals surface area contributed by atoms with E-state index in [1.54, 1.807) is 6.20 Å². The lowest BCUT2D eigenvalue weighted by Gasteiger charge is -2.35. The van der Waals surface area contributed by atoms with Crippen LogP contribution in [0.2, 0.25) is 0 Å². The van der Waals surface area contributed by atoms with Crippen molar-refractivity contribution in [3.05, 3.63) is 24.0 Å². The summed E-state index contributed by atoms with van der Waals surface area (Å²) in [6.07, 6.45) is 6.40. The van der Waals surface area contributed by atoms with Crippen LogP contribution in [0.4, 0.5) is 5.69 Å². The highest BCUT2D eigenvalue weighted by Crippen LogP contribution is 2.26. The lowest BCUT2D eigenvalue weighted by Crippen LogP contribution is -2.47. The second-order valence-corrected chi connectivity index (χ2v) is 5.99. The van der Waals surface area contributed by atoms with E-state index in [1.807, 2.05) is 19.1 Å². The summed E-state index contributed by atoms with van der Waals surface area (Å²) in [5.74, 6) is -0.0498. The first-order valence-corrected chi connectivity index (χ1v) is 8.01. The molecule has 5 nitrogen and oxygen atoms in total. The van der Waals surface area contributed by atoms with Gasteiger partial charge in [0.25, 0.3) is 5.91 Å². The van der Waals surface area contributed by atoms with E-state index >= 15 is 0 Å². The third-order valence-electron chi connectivity index (χ3n) is 4.53. The molecule has 114 valence electrons. The van der Waals surface area contributed by atoms with Gasteiger partial charge in [0.05, 0.1) is 0 Å². The van der Waals surface area contributed by atoms with Crippen molar-refractivity contribution in [2.45, 2.75) is 44.7 Å². The largest absolute Gasteiger partial charge is 0.385 e. The number of aromatic nitrogens is 1. The summed E-state index contributed by atoms with van der Waals surface area (Å²) >= 11 is 0. The van der Waals surface area contributed by atoms with Crippen molar-refractivity contribution >= 4 is 11.6 Å². The molecule has 0 saturated carbocycles. The highest BCUT2D eigenvalue weighted by Gasteiger charge is 2.32. The zero-order valence-corrected chi connectivity index (χ0v) is 12.6. The Morgan fingerprint density at radius 1 is 1.43 bits per heavy atom. The number of rotatable bonds is 4. The Labute approximate surface area is 126 Å². The first kappa shape index (κ1) is 14.3. The Kier molecular flexibility index (Phi) is 4.39. The van der Waals surface area contributed by atoms with Crippen LogP contribution in [0.15, 0.2) is 18.3 Å². The second-order valence-electron chi connectivity index (χ2n) is 5.99. The van der Waals surface area contributed by atoms with Crippen molar-refractivity contribution in [2.24, 2.45) is 0 Å². The second kappa shape index (κ2) is 6.43. The lowest BCUT2D eigenvalue weighted by atomic mass is 9.97. The highest BCUT2D eigenvalue weighted by molar-refractivity contribution is 5.93. The summed E-state index contributed by atoms with van der Waals surface area (Å²) in [5.41, 5.74) is 1.45. The zero-order valence-electron chi connectivity index (χ0n) is 12.6. The number of amides is 1. The first-order chi connectivity index (χ1) is 10.3. The molecule has 3 heterocycles. The molecule has 0 aromatic carbocycles. The van der Waals surface area contributed by atoms with E-state index in [0.717, 1.165) is 31.6 Å². The molecular weight excluding hydrogens is 264 g/mol. The van der Waals surface area contributed by atoms with E-state index in [1.165, 1.54) is 19.4 Å². The Morgan fingerprint density at radius 3 is 3.19 bits per heavy atom. The van der Waals surface area contributed by atoms with Gasteiger partial charge in [-0.1, -0.05) is 0 Å². The van der Waals surface area contributed by atoms with Crippen LogP contribution in [-0.2, 0) is 0 Å². The number of hydrogen-bond acceptors (Lipinski definition) is 4. The molecule has 2 aliphatic heterocycles. The molecule has 2 unspecified atom stereocenters. The van der Waals surface area contributed by atoms with Gasteiger partial charge in [0.2, 0.25) is 0 Å². The van der Waals surface area contributed by atoms with Gasteiger partial charge in [0.15, 0.2) is 0 Å². The van der Waals surface area contributed by atoms with E-state index in [2.05, 4.69) is 20.5 Å². The maximum atomic E-state index is 12.3. The molecule has 0 aliphatic carbocycles. The smallest absolute Gasteiger partial charge is 0.270 e. The number of fused-ring (bicyclic) bond motifs is 1.